The minimum atomic E-state index is -0.104. The Morgan fingerprint density at radius 3 is 2.57 bits per heavy atom. The first kappa shape index (κ1) is 19.2. The minimum absolute atomic E-state index is 0.0606. The van der Waals surface area contributed by atoms with Gasteiger partial charge in [0.15, 0.2) is 0 Å². The van der Waals surface area contributed by atoms with Crippen molar-refractivity contribution in [2.75, 3.05) is 39.8 Å². The monoisotopic (exact) mass is 397 g/mol. The summed E-state index contributed by atoms with van der Waals surface area (Å²) < 4.78 is 0. The number of carbonyl (C=O) groups excluding carboxylic acids is 2. The van der Waals surface area contributed by atoms with Gasteiger partial charge < -0.3 is 14.7 Å². The molecule has 2 atom stereocenters. The van der Waals surface area contributed by atoms with Gasteiger partial charge in [-0.05, 0) is 36.9 Å². The van der Waals surface area contributed by atoms with Gasteiger partial charge in [0, 0.05) is 32.7 Å². The maximum atomic E-state index is 13.5. The fourth-order valence-electron chi connectivity index (χ4n) is 4.30. The molecule has 2 saturated heterocycles. The molecule has 1 aromatic heterocycles. The molecule has 3 heterocycles. The lowest BCUT2D eigenvalue weighted by atomic mass is 9.93. The Balaban J connectivity index is 1.49. The molecule has 5 nitrogen and oxygen atoms in total. The lowest BCUT2D eigenvalue weighted by molar-refractivity contribution is -0.142. The first-order chi connectivity index (χ1) is 13.6. The van der Waals surface area contributed by atoms with Crippen molar-refractivity contribution in [3.8, 4) is 0 Å². The minimum Gasteiger partial charge on any atom is -0.337 e. The normalized spacial score (nSPS) is 23.6. The van der Waals surface area contributed by atoms with Crippen molar-refractivity contribution in [3.05, 3.63) is 58.3 Å². The van der Waals surface area contributed by atoms with E-state index in [1.807, 2.05) is 40.6 Å². The number of rotatable bonds is 3. The number of carbonyl (C=O) groups is 2. The van der Waals surface area contributed by atoms with Gasteiger partial charge in [-0.2, -0.15) is 0 Å². The molecule has 2 aromatic rings. The molecule has 0 aliphatic carbocycles. The molecular formula is C22H27N3O2S. The van der Waals surface area contributed by atoms with E-state index in [1.165, 1.54) is 16.9 Å². The van der Waals surface area contributed by atoms with E-state index in [1.54, 1.807) is 0 Å². The van der Waals surface area contributed by atoms with Gasteiger partial charge in [-0.3, -0.25) is 9.59 Å². The molecule has 0 saturated carbocycles. The summed E-state index contributed by atoms with van der Waals surface area (Å²) in [7, 11) is 2.11. The summed E-state index contributed by atoms with van der Waals surface area (Å²) in [6.45, 7) is 3.75. The number of piperidine rings is 1. The van der Waals surface area contributed by atoms with Crippen LogP contribution in [-0.4, -0.2) is 66.3 Å². The number of hydrogen-bond acceptors (Lipinski definition) is 4. The van der Waals surface area contributed by atoms with Crippen LogP contribution in [0.5, 0.6) is 0 Å². The summed E-state index contributed by atoms with van der Waals surface area (Å²) in [5.41, 5.74) is 1.18. The third-order valence-electron chi connectivity index (χ3n) is 5.84. The molecule has 0 spiro atoms. The van der Waals surface area contributed by atoms with E-state index in [9.17, 15) is 9.59 Å². The predicted molar refractivity (Wildman–Crippen MR) is 111 cm³/mol. The Hall–Kier alpha value is -2.18. The van der Waals surface area contributed by atoms with Crippen molar-refractivity contribution in [1.29, 1.82) is 0 Å². The van der Waals surface area contributed by atoms with Crippen LogP contribution in [0.15, 0.2) is 47.8 Å². The van der Waals surface area contributed by atoms with Crippen molar-refractivity contribution in [2.45, 2.75) is 18.9 Å². The van der Waals surface area contributed by atoms with Crippen LogP contribution in [-0.2, 0) is 4.79 Å². The first-order valence-electron chi connectivity index (χ1n) is 10.00. The quantitative estimate of drug-likeness (QED) is 0.799. The molecule has 0 bridgehead atoms. The number of thiophene rings is 1. The SMILES string of the molecule is CN1CCN(C(=O)C2CCCN(C(=O)c3cccs3)C2)C(c2ccccc2)C1. The Labute approximate surface area is 170 Å². The molecule has 1 aromatic carbocycles. The Kier molecular flexibility index (Phi) is 5.78. The summed E-state index contributed by atoms with van der Waals surface area (Å²) in [4.78, 5) is 33.2. The summed E-state index contributed by atoms with van der Waals surface area (Å²) in [6, 6.07) is 14.1. The second-order valence-electron chi connectivity index (χ2n) is 7.79. The Morgan fingerprint density at radius 2 is 1.82 bits per heavy atom. The maximum absolute atomic E-state index is 13.5. The average Bonchev–Trinajstić information content (AvgIpc) is 3.28. The van der Waals surface area contributed by atoms with E-state index >= 15 is 0 Å². The zero-order valence-electron chi connectivity index (χ0n) is 16.3. The van der Waals surface area contributed by atoms with E-state index in [-0.39, 0.29) is 23.8 Å². The molecule has 2 aliphatic heterocycles. The van der Waals surface area contributed by atoms with Crippen LogP contribution in [0.1, 0.15) is 34.1 Å². The summed E-state index contributed by atoms with van der Waals surface area (Å²) in [6.07, 6.45) is 1.75. The number of likely N-dealkylation sites (tertiary alicyclic amines) is 1. The highest BCUT2D eigenvalue weighted by Crippen LogP contribution is 2.29. The third-order valence-corrected chi connectivity index (χ3v) is 6.70. The van der Waals surface area contributed by atoms with E-state index < -0.39 is 0 Å². The van der Waals surface area contributed by atoms with Crippen molar-refractivity contribution >= 4 is 23.2 Å². The van der Waals surface area contributed by atoms with Gasteiger partial charge in [0.2, 0.25) is 5.91 Å². The van der Waals surface area contributed by atoms with Gasteiger partial charge in [-0.25, -0.2) is 0 Å². The molecular weight excluding hydrogens is 370 g/mol. The Bertz CT molecular complexity index is 808. The standard InChI is InChI=1S/C22H27N3O2S/c1-23-12-13-25(19(16-23)17-7-3-2-4-8-17)21(26)18-9-5-11-24(15-18)22(27)20-10-6-14-28-20/h2-4,6-8,10,14,18-19H,5,9,11-13,15-16H2,1H3. The van der Waals surface area contributed by atoms with Gasteiger partial charge in [0.1, 0.15) is 0 Å². The van der Waals surface area contributed by atoms with Crippen molar-refractivity contribution in [1.82, 2.24) is 14.7 Å². The smallest absolute Gasteiger partial charge is 0.263 e. The van der Waals surface area contributed by atoms with Crippen LogP contribution < -0.4 is 0 Å². The van der Waals surface area contributed by atoms with Gasteiger partial charge in [-0.1, -0.05) is 36.4 Å². The molecule has 6 heteroatoms. The number of amides is 2. The molecule has 4 rings (SSSR count). The zero-order valence-corrected chi connectivity index (χ0v) is 17.1. The predicted octanol–water partition coefficient (Wildman–Crippen LogP) is 3.12. The largest absolute Gasteiger partial charge is 0.337 e. The Morgan fingerprint density at radius 1 is 1.00 bits per heavy atom. The van der Waals surface area contributed by atoms with Crippen molar-refractivity contribution < 1.29 is 9.59 Å². The van der Waals surface area contributed by atoms with Crippen LogP contribution in [0.25, 0.3) is 0 Å². The molecule has 0 radical (unpaired) electrons. The van der Waals surface area contributed by atoms with Gasteiger partial charge in [0.05, 0.1) is 16.8 Å². The van der Waals surface area contributed by atoms with E-state index in [4.69, 9.17) is 0 Å². The molecule has 0 N–H and O–H groups in total. The highest BCUT2D eigenvalue weighted by molar-refractivity contribution is 7.12. The molecule has 28 heavy (non-hydrogen) atoms. The number of nitrogens with zero attached hydrogens (tertiary/aromatic N) is 3. The number of hydrogen-bond donors (Lipinski definition) is 0. The van der Waals surface area contributed by atoms with Crippen LogP contribution in [0, 0.1) is 5.92 Å². The highest BCUT2D eigenvalue weighted by Gasteiger charge is 2.36. The second kappa shape index (κ2) is 8.45. The maximum Gasteiger partial charge on any atom is 0.263 e. The van der Waals surface area contributed by atoms with Gasteiger partial charge in [-0.15, -0.1) is 11.3 Å². The van der Waals surface area contributed by atoms with Crippen LogP contribution in [0.2, 0.25) is 0 Å². The third kappa shape index (κ3) is 3.98. The molecule has 2 aliphatic rings. The van der Waals surface area contributed by atoms with Crippen LogP contribution >= 0.6 is 11.3 Å². The summed E-state index contributed by atoms with van der Waals surface area (Å²) in [5.74, 6) is 0.156. The van der Waals surface area contributed by atoms with Crippen LogP contribution in [0.3, 0.4) is 0 Å². The average molecular weight is 398 g/mol. The topological polar surface area (TPSA) is 43.9 Å². The lowest BCUT2D eigenvalue weighted by Crippen LogP contribution is -2.53. The summed E-state index contributed by atoms with van der Waals surface area (Å²) >= 11 is 1.47. The fraction of sp³-hybridized carbons (Fsp3) is 0.455. The zero-order chi connectivity index (χ0) is 19.5. The van der Waals surface area contributed by atoms with Gasteiger partial charge >= 0.3 is 0 Å². The fourth-order valence-corrected chi connectivity index (χ4v) is 4.99. The molecule has 148 valence electrons. The number of benzene rings is 1. The molecule has 2 fully saturated rings. The van der Waals surface area contributed by atoms with E-state index in [0.29, 0.717) is 6.54 Å². The first-order valence-corrected chi connectivity index (χ1v) is 10.9. The second-order valence-corrected chi connectivity index (χ2v) is 8.74. The number of piperazine rings is 1. The number of likely N-dealkylation sites (N-methyl/N-ethyl adjacent to an activating group) is 1. The lowest BCUT2D eigenvalue weighted by Gasteiger charge is -2.43. The van der Waals surface area contributed by atoms with Crippen molar-refractivity contribution in [2.24, 2.45) is 5.92 Å². The van der Waals surface area contributed by atoms with E-state index in [0.717, 1.165) is 43.9 Å². The van der Waals surface area contributed by atoms with E-state index in [2.05, 4.69) is 29.0 Å². The highest BCUT2D eigenvalue weighted by atomic mass is 32.1. The van der Waals surface area contributed by atoms with Crippen molar-refractivity contribution in [3.63, 3.8) is 0 Å². The van der Waals surface area contributed by atoms with Crippen LogP contribution in [0.4, 0.5) is 0 Å². The molecule has 2 amide bonds. The summed E-state index contributed by atoms with van der Waals surface area (Å²) in [5, 5.41) is 1.93. The molecule has 2 unspecified atom stereocenters. The van der Waals surface area contributed by atoms with Gasteiger partial charge in [0.25, 0.3) is 5.91 Å².